The van der Waals surface area contributed by atoms with Crippen molar-refractivity contribution in [3.05, 3.63) is 82.4 Å². The van der Waals surface area contributed by atoms with Gasteiger partial charge in [0, 0.05) is 14.1 Å². The molecule has 1 aliphatic heterocycles. The number of hydrogen-bond donors (Lipinski definition) is 3. The van der Waals surface area contributed by atoms with Gasteiger partial charge in [0.2, 0.25) is 4.91 Å². The highest BCUT2D eigenvalue weighted by Gasteiger charge is 2.40. The number of sulfonamides is 1. The molecule has 36 heavy (non-hydrogen) atoms. The van der Waals surface area contributed by atoms with Gasteiger partial charge in [0.1, 0.15) is 5.70 Å². The first-order chi connectivity index (χ1) is 17.0. The molecule has 1 aliphatic rings. The lowest BCUT2D eigenvalue weighted by Gasteiger charge is -2.23. The predicted octanol–water partition coefficient (Wildman–Crippen LogP) is 2.93. The highest BCUT2D eigenvalue weighted by atomic mass is 32.2. The molecule has 190 valence electrons. The van der Waals surface area contributed by atoms with E-state index in [0.717, 1.165) is 5.56 Å². The molecule has 0 spiro atoms. The molecular weight excluding hydrogens is 484 g/mol. The van der Waals surface area contributed by atoms with Crippen LogP contribution in [0.25, 0.3) is 0 Å². The maximum atomic E-state index is 13.0. The molecule has 0 saturated heterocycles. The number of hydrogen-bond acceptors (Lipinski definition) is 8. The number of esters is 1. The standard InChI is InChI=1S/C25H28N4O6S/c1-6-35-25(32)22-20(27-19(15(2)3)16-11-8-7-9-12-16)23(28-36(22,33)34)26-18-14-10-13-17(21(18)30)24(31)29(4)5/h7-14,19,27,30H,2,6H2,1,3-5H3,(H,26,28)/t19-/m1/s1. The minimum atomic E-state index is -4.45. The number of carbonyl (C=O) groups excluding carboxylic acids is 2. The number of amidine groups is 1. The molecule has 0 saturated carbocycles. The lowest BCUT2D eigenvalue weighted by molar-refractivity contribution is -0.137. The van der Waals surface area contributed by atoms with Crippen LogP contribution in [0.4, 0.5) is 5.69 Å². The normalized spacial score (nSPS) is 15.1. The molecule has 3 rings (SSSR count). The molecule has 1 atom stereocenters. The van der Waals surface area contributed by atoms with Gasteiger partial charge < -0.3 is 25.4 Å². The number of benzene rings is 2. The molecular formula is C25H28N4O6S. The van der Waals surface area contributed by atoms with Crippen molar-refractivity contribution in [1.82, 2.24) is 10.2 Å². The number of nitrogens with one attached hydrogen (secondary N) is 2. The summed E-state index contributed by atoms with van der Waals surface area (Å²) in [4.78, 5) is 25.8. The van der Waals surface area contributed by atoms with E-state index in [1.54, 1.807) is 13.8 Å². The summed E-state index contributed by atoms with van der Waals surface area (Å²) in [5, 5.41) is 16.6. The number of rotatable bonds is 8. The average molecular weight is 513 g/mol. The smallest absolute Gasteiger partial charge is 0.354 e. The lowest BCUT2D eigenvalue weighted by atomic mass is 10.0. The predicted molar refractivity (Wildman–Crippen MR) is 137 cm³/mol. The van der Waals surface area contributed by atoms with E-state index in [-0.39, 0.29) is 29.4 Å². The monoisotopic (exact) mass is 512 g/mol. The van der Waals surface area contributed by atoms with Crippen LogP contribution in [-0.4, -0.2) is 56.8 Å². The molecule has 3 N–H and O–H groups in total. The number of anilines is 1. The van der Waals surface area contributed by atoms with E-state index in [4.69, 9.17) is 4.74 Å². The van der Waals surface area contributed by atoms with Crippen molar-refractivity contribution in [2.24, 2.45) is 4.40 Å². The Hall–Kier alpha value is -4.12. The third-order valence-electron chi connectivity index (χ3n) is 5.23. The Morgan fingerprint density at radius 1 is 1.14 bits per heavy atom. The Kier molecular flexibility index (Phi) is 7.83. The molecule has 2 aromatic carbocycles. The van der Waals surface area contributed by atoms with E-state index in [0.29, 0.717) is 5.57 Å². The van der Waals surface area contributed by atoms with E-state index in [2.05, 4.69) is 21.6 Å². The largest absolute Gasteiger partial charge is 0.505 e. The minimum Gasteiger partial charge on any atom is -0.505 e. The van der Waals surface area contributed by atoms with E-state index in [1.807, 2.05) is 30.3 Å². The van der Waals surface area contributed by atoms with Gasteiger partial charge >= 0.3 is 5.97 Å². The van der Waals surface area contributed by atoms with Crippen molar-refractivity contribution in [3.63, 3.8) is 0 Å². The second-order valence-corrected chi connectivity index (χ2v) is 9.74. The van der Waals surface area contributed by atoms with Crippen LogP contribution in [0.2, 0.25) is 0 Å². The molecule has 10 nitrogen and oxygen atoms in total. The van der Waals surface area contributed by atoms with Crippen LogP contribution in [0.5, 0.6) is 5.75 Å². The van der Waals surface area contributed by atoms with Crippen LogP contribution in [0.15, 0.2) is 75.7 Å². The van der Waals surface area contributed by atoms with Crippen molar-refractivity contribution >= 4 is 33.4 Å². The van der Waals surface area contributed by atoms with Crippen LogP contribution in [-0.2, 0) is 19.6 Å². The van der Waals surface area contributed by atoms with Gasteiger partial charge in [-0.1, -0.05) is 48.6 Å². The van der Waals surface area contributed by atoms with Gasteiger partial charge in [-0.15, -0.1) is 4.40 Å². The van der Waals surface area contributed by atoms with E-state index < -0.39 is 38.6 Å². The van der Waals surface area contributed by atoms with E-state index in [9.17, 15) is 23.1 Å². The number of ether oxygens (including phenoxy) is 1. The summed E-state index contributed by atoms with van der Waals surface area (Å²) < 4.78 is 34.7. The number of aromatic hydroxyl groups is 1. The first-order valence-corrected chi connectivity index (χ1v) is 12.5. The zero-order valence-electron chi connectivity index (χ0n) is 20.4. The van der Waals surface area contributed by atoms with Crippen LogP contribution in [0.3, 0.4) is 0 Å². The summed E-state index contributed by atoms with van der Waals surface area (Å²) in [5.41, 5.74) is 1.29. The van der Waals surface area contributed by atoms with Gasteiger partial charge in [-0.25, -0.2) is 4.79 Å². The topological polar surface area (TPSA) is 137 Å². The summed E-state index contributed by atoms with van der Waals surface area (Å²) in [6, 6.07) is 12.9. The summed E-state index contributed by atoms with van der Waals surface area (Å²) in [6.07, 6.45) is 0. The van der Waals surface area contributed by atoms with Gasteiger partial charge in [-0.05, 0) is 31.5 Å². The summed E-state index contributed by atoms with van der Waals surface area (Å²) in [7, 11) is -1.38. The quantitative estimate of drug-likeness (QED) is 0.279. The molecule has 0 bridgehead atoms. The second-order valence-electron chi connectivity index (χ2n) is 8.20. The number of phenolic OH excluding ortho intramolecular Hbond substituents is 1. The van der Waals surface area contributed by atoms with Crippen molar-refractivity contribution in [3.8, 4) is 5.75 Å². The Morgan fingerprint density at radius 2 is 1.81 bits per heavy atom. The summed E-state index contributed by atoms with van der Waals surface area (Å²) >= 11 is 0. The molecule has 1 heterocycles. The van der Waals surface area contributed by atoms with Gasteiger partial charge in [0.05, 0.1) is 23.9 Å². The minimum absolute atomic E-state index is 0.000318. The average Bonchev–Trinajstić information content (AvgIpc) is 3.07. The molecule has 11 heteroatoms. The molecule has 0 unspecified atom stereocenters. The highest BCUT2D eigenvalue weighted by molar-refractivity contribution is 7.95. The Bertz CT molecular complexity index is 1360. The number of para-hydroxylation sites is 1. The zero-order chi connectivity index (χ0) is 26.6. The van der Waals surface area contributed by atoms with Crippen molar-refractivity contribution in [2.75, 3.05) is 26.0 Å². The fraction of sp³-hybridized carbons (Fsp3) is 0.240. The molecule has 2 aromatic rings. The first-order valence-electron chi connectivity index (χ1n) is 11.0. The fourth-order valence-corrected chi connectivity index (χ4v) is 4.69. The molecule has 0 fully saturated rings. The van der Waals surface area contributed by atoms with Crippen LogP contribution >= 0.6 is 0 Å². The molecule has 1 amide bonds. The van der Waals surface area contributed by atoms with E-state index in [1.165, 1.54) is 37.2 Å². The van der Waals surface area contributed by atoms with E-state index >= 15 is 0 Å². The number of phenols is 1. The summed E-state index contributed by atoms with van der Waals surface area (Å²) in [5.74, 6) is -2.18. The van der Waals surface area contributed by atoms with Gasteiger partial charge in [0.15, 0.2) is 11.6 Å². The SMILES string of the molecule is C=C(C)[C@@H](NC1=C(C(=O)OCC)S(=O)(=O)N=C1Nc1cccc(C(=O)N(C)C)c1O)c1ccccc1. The molecule has 0 radical (unpaired) electrons. The Labute approximate surface area is 210 Å². The Morgan fingerprint density at radius 3 is 2.39 bits per heavy atom. The van der Waals surface area contributed by atoms with Gasteiger partial charge in [0.25, 0.3) is 15.9 Å². The number of nitrogens with zero attached hydrogens (tertiary/aromatic N) is 2. The molecule has 0 aromatic heterocycles. The van der Waals surface area contributed by atoms with Crippen LogP contribution in [0.1, 0.15) is 35.8 Å². The Balaban J connectivity index is 2.12. The third kappa shape index (κ3) is 5.41. The third-order valence-corrected chi connectivity index (χ3v) is 6.54. The fourth-order valence-electron chi connectivity index (χ4n) is 3.54. The maximum Gasteiger partial charge on any atom is 0.354 e. The maximum absolute atomic E-state index is 13.0. The first kappa shape index (κ1) is 26.5. The second kappa shape index (κ2) is 10.6. The van der Waals surface area contributed by atoms with Crippen molar-refractivity contribution < 1.29 is 27.9 Å². The number of amides is 1. The summed E-state index contributed by atoms with van der Waals surface area (Å²) in [6.45, 7) is 7.25. The van der Waals surface area contributed by atoms with Gasteiger partial charge in [-0.2, -0.15) is 8.42 Å². The lowest BCUT2D eigenvalue weighted by Crippen LogP contribution is -2.31. The van der Waals surface area contributed by atoms with Gasteiger partial charge in [-0.3, -0.25) is 4.79 Å². The number of carbonyl (C=O) groups is 2. The van der Waals surface area contributed by atoms with Crippen LogP contribution < -0.4 is 10.6 Å². The van der Waals surface area contributed by atoms with Crippen LogP contribution in [0, 0.1) is 0 Å². The zero-order valence-corrected chi connectivity index (χ0v) is 21.2. The highest BCUT2D eigenvalue weighted by Crippen LogP contribution is 2.33. The molecule has 0 aliphatic carbocycles. The van der Waals surface area contributed by atoms with Crippen molar-refractivity contribution in [1.29, 1.82) is 0 Å². The van der Waals surface area contributed by atoms with Crippen molar-refractivity contribution in [2.45, 2.75) is 19.9 Å².